The average molecular weight is 349 g/mol. The number of unbranched alkanes of at least 4 members (excludes halogenated alkanes) is 1. The van der Waals surface area contributed by atoms with E-state index >= 15 is 0 Å². The summed E-state index contributed by atoms with van der Waals surface area (Å²) in [7, 11) is 0. The van der Waals surface area contributed by atoms with Gasteiger partial charge in [0.05, 0.1) is 18.8 Å². The third-order valence-electron chi connectivity index (χ3n) is 4.58. The number of nitrogens with one attached hydrogen (secondary N) is 1. The lowest BCUT2D eigenvalue weighted by molar-refractivity contribution is 0.0874. The van der Waals surface area contributed by atoms with Crippen LogP contribution in [0.4, 0.5) is 0 Å². The van der Waals surface area contributed by atoms with E-state index in [1.807, 2.05) is 6.92 Å². The van der Waals surface area contributed by atoms with Crippen molar-refractivity contribution in [2.24, 2.45) is 0 Å². The number of hydrogen-bond acceptors (Lipinski definition) is 6. The van der Waals surface area contributed by atoms with E-state index in [0.29, 0.717) is 37.0 Å². The molecular formula is C19H27NO5. The monoisotopic (exact) mass is 349 g/mol. The summed E-state index contributed by atoms with van der Waals surface area (Å²) < 4.78 is 23.1. The third-order valence-corrected chi connectivity index (χ3v) is 4.58. The first-order valence-corrected chi connectivity index (χ1v) is 8.87. The fourth-order valence-corrected chi connectivity index (χ4v) is 3.36. The number of fused-ring (bicyclic) bond motifs is 3. The summed E-state index contributed by atoms with van der Waals surface area (Å²) in [4.78, 5) is 0. The molecule has 25 heavy (non-hydrogen) atoms. The molecule has 0 bridgehead atoms. The number of hydrogen-bond donors (Lipinski definition) is 2. The molecule has 1 unspecified atom stereocenters. The minimum absolute atomic E-state index is 0.0719. The maximum atomic E-state index is 10.6. The summed E-state index contributed by atoms with van der Waals surface area (Å²) in [6.45, 7) is 9.98. The van der Waals surface area contributed by atoms with Crippen molar-refractivity contribution in [3.63, 3.8) is 0 Å². The van der Waals surface area contributed by atoms with E-state index in [0.717, 1.165) is 36.1 Å². The molecule has 0 saturated carbocycles. The molecule has 2 aliphatic heterocycles. The van der Waals surface area contributed by atoms with Gasteiger partial charge in [-0.25, -0.2) is 0 Å². The van der Waals surface area contributed by atoms with Crippen LogP contribution in [-0.4, -0.2) is 38.3 Å². The van der Waals surface area contributed by atoms with E-state index in [1.165, 1.54) is 0 Å². The first kappa shape index (κ1) is 18.0. The molecule has 0 amide bonds. The van der Waals surface area contributed by atoms with Crippen LogP contribution < -0.4 is 19.5 Å². The van der Waals surface area contributed by atoms with Gasteiger partial charge < -0.3 is 29.4 Å². The summed E-state index contributed by atoms with van der Waals surface area (Å²) in [5.41, 5.74) is 2.50. The highest BCUT2D eigenvalue weighted by atomic mass is 16.7. The van der Waals surface area contributed by atoms with Gasteiger partial charge in [0.25, 0.3) is 0 Å². The molecule has 138 valence electrons. The first-order valence-electron chi connectivity index (χ1n) is 8.87. The van der Waals surface area contributed by atoms with Gasteiger partial charge in [-0.1, -0.05) is 26.0 Å². The van der Waals surface area contributed by atoms with E-state index in [9.17, 15) is 5.11 Å². The van der Waals surface area contributed by atoms with E-state index in [-0.39, 0.29) is 12.8 Å². The predicted octanol–water partition coefficient (Wildman–Crippen LogP) is 2.78. The molecular weight excluding hydrogens is 322 g/mol. The lowest BCUT2D eigenvalue weighted by Crippen LogP contribution is -2.36. The van der Waals surface area contributed by atoms with Crippen molar-refractivity contribution in [2.75, 3.05) is 33.2 Å². The maximum absolute atomic E-state index is 10.6. The molecule has 0 spiro atoms. The quantitative estimate of drug-likeness (QED) is 0.556. The summed E-state index contributed by atoms with van der Waals surface area (Å²) in [5, 5.41) is 14.0. The molecule has 1 aromatic rings. The lowest BCUT2D eigenvalue weighted by atomic mass is 9.88. The summed E-state index contributed by atoms with van der Waals surface area (Å²) >= 11 is 0. The number of aliphatic hydroxyl groups excluding tert-OH is 1. The lowest BCUT2D eigenvalue weighted by Gasteiger charge is -2.33. The SMILES string of the molecule is C=CCOc1c(C)c2c(c3c1C(O)CN[C@H]3COCCCC)OCO2. The summed E-state index contributed by atoms with van der Waals surface area (Å²) in [6, 6.07) is -0.0719. The molecule has 0 aromatic heterocycles. The Morgan fingerprint density at radius 2 is 2.12 bits per heavy atom. The second kappa shape index (κ2) is 8.08. The molecule has 2 heterocycles. The smallest absolute Gasteiger partial charge is 0.231 e. The van der Waals surface area contributed by atoms with Crippen LogP contribution in [0.2, 0.25) is 0 Å². The zero-order valence-electron chi connectivity index (χ0n) is 15.0. The Hall–Kier alpha value is -1.76. The molecule has 6 nitrogen and oxygen atoms in total. The maximum Gasteiger partial charge on any atom is 0.231 e. The van der Waals surface area contributed by atoms with E-state index in [2.05, 4.69) is 18.8 Å². The summed E-state index contributed by atoms with van der Waals surface area (Å²) in [6.07, 6.45) is 3.14. The molecule has 3 rings (SSSR count). The van der Waals surface area contributed by atoms with Crippen LogP contribution in [0.15, 0.2) is 12.7 Å². The van der Waals surface area contributed by atoms with Crippen LogP contribution >= 0.6 is 0 Å². The van der Waals surface area contributed by atoms with Crippen LogP contribution in [0.25, 0.3) is 0 Å². The van der Waals surface area contributed by atoms with Gasteiger partial charge in [0.2, 0.25) is 6.79 Å². The topological polar surface area (TPSA) is 69.2 Å². The van der Waals surface area contributed by atoms with Gasteiger partial charge in [-0.05, 0) is 13.3 Å². The van der Waals surface area contributed by atoms with Crippen molar-refractivity contribution in [2.45, 2.75) is 38.8 Å². The van der Waals surface area contributed by atoms with Crippen molar-refractivity contribution in [1.29, 1.82) is 0 Å². The highest BCUT2D eigenvalue weighted by Crippen LogP contribution is 2.51. The van der Waals surface area contributed by atoms with E-state index < -0.39 is 6.10 Å². The molecule has 0 radical (unpaired) electrons. The van der Waals surface area contributed by atoms with Gasteiger partial charge in [0, 0.05) is 29.8 Å². The fraction of sp³-hybridized carbons (Fsp3) is 0.579. The second-order valence-corrected chi connectivity index (χ2v) is 6.35. The van der Waals surface area contributed by atoms with Crippen molar-refractivity contribution < 1.29 is 24.1 Å². The molecule has 0 aliphatic carbocycles. The highest BCUT2D eigenvalue weighted by molar-refractivity contribution is 5.66. The molecule has 2 atom stereocenters. The van der Waals surface area contributed by atoms with Gasteiger partial charge in [-0.2, -0.15) is 0 Å². The van der Waals surface area contributed by atoms with Gasteiger partial charge in [-0.3, -0.25) is 0 Å². The average Bonchev–Trinajstić information content (AvgIpc) is 3.10. The normalized spacial score (nSPS) is 21.1. The molecule has 2 aliphatic rings. The Morgan fingerprint density at radius 1 is 1.32 bits per heavy atom. The number of rotatable bonds is 8. The minimum Gasteiger partial charge on any atom is -0.489 e. The third kappa shape index (κ3) is 3.47. The van der Waals surface area contributed by atoms with Crippen LogP contribution in [-0.2, 0) is 4.74 Å². The number of aliphatic hydroxyl groups is 1. The van der Waals surface area contributed by atoms with Crippen LogP contribution in [0, 0.1) is 6.92 Å². The van der Waals surface area contributed by atoms with Gasteiger partial charge >= 0.3 is 0 Å². The Labute approximate surface area is 148 Å². The van der Waals surface area contributed by atoms with E-state index in [1.54, 1.807) is 6.08 Å². The predicted molar refractivity (Wildman–Crippen MR) is 94.4 cm³/mol. The number of benzene rings is 1. The highest BCUT2D eigenvalue weighted by Gasteiger charge is 2.38. The van der Waals surface area contributed by atoms with Crippen molar-refractivity contribution in [3.05, 3.63) is 29.3 Å². The molecule has 2 N–H and O–H groups in total. The first-order chi connectivity index (χ1) is 12.2. The Bertz CT molecular complexity index is 631. The van der Waals surface area contributed by atoms with Crippen molar-refractivity contribution in [3.8, 4) is 17.2 Å². The van der Waals surface area contributed by atoms with Crippen molar-refractivity contribution >= 4 is 0 Å². The fourth-order valence-electron chi connectivity index (χ4n) is 3.36. The standard InChI is InChI=1S/C19H27NO5/c1-4-6-8-22-10-13-15-16(14(21)9-20-13)17(23-7-5-2)12(3)18-19(15)25-11-24-18/h5,13-14,20-21H,2,4,6-11H2,1,3H3/t13-,14?/m0/s1. The summed E-state index contributed by atoms with van der Waals surface area (Å²) in [5.74, 6) is 2.03. The van der Waals surface area contributed by atoms with Crippen LogP contribution in [0.1, 0.15) is 48.6 Å². The van der Waals surface area contributed by atoms with Crippen molar-refractivity contribution in [1.82, 2.24) is 5.32 Å². The molecule has 6 heteroatoms. The minimum atomic E-state index is -0.671. The molecule has 1 aromatic carbocycles. The Kier molecular flexibility index (Phi) is 5.83. The number of β-amino-alcohol motifs (C(OH)–C–C–N with tert-alkyl or cyclic N) is 1. The van der Waals surface area contributed by atoms with Gasteiger partial charge in [0.15, 0.2) is 11.5 Å². The largest absolute Gasteiger partial charge is 0.489 e. The van der Waals surface area contributed by atoms with Gasteiger partial charge in [0.1, 0.15) is 12.4 Å². The zero-order valence-corrected chi connectivity index (χ0v) is 15.0. The van der Waals surface area contributed by atoms with Crippen LogP contribution in [0.5, 0.6) is 17.2 Å². The Balaban J connectivity index is 1.99. The van der Waals surface area contributed by atoms with Crippen LogP contribution in [0.3, 0.4) is 0 Å². The van der Waals surface area contributed by atoms with Gasteiger partial charge in [-0.15, -0.1) is 0 Å². The zero-order chi connectivity index (χ0) is 17.8. The molecule has 0 fully saturated rings. The van der Waals surface area contributed by atoms with E-state index in [4.69, 9.17) is 18.9 Å². The number of ether oxygens (including phenoxy) is 4. The second-order valence-electron chi connectivity index (χ2n) is 6.35. The Morgan fingerprint density at radius 3 is 2.88 bits per heavy atom. The molecule has 0 saturated heterocycles.